The van der Waals surface area contributed by atoms with Gasteiger partial charge in [0.25, 0.3) is 0 Å². The quantitative estimate of drug-likeness (QED) is 0.784. The summed E-state index contributed by atoms with van der Waals surface area (Å²) in [6.07, 6.45) is 0. The van der Waals surface area contributed by atoms with Crippen molar-refractivity contribution in [3.8, 4) is 5.75 Å². The highest BCUT2D eigenvalue weighted by Crippen LogP contribution is 2.26. The maximum absolute atomic E-state index is 12.0. The molecule has 1 atom stereocenters. The van der Waals surface area contributed by atoms with Crippen LogP contribution in [0, 0.1) is 6.92 Å². The molecule has 0 fully saturated rings. The Morgan fingerprint density at radius 3 is 2.43 bits per heavy atom. The fourth-order valence-electron chi connectivity index (χ4n) is 2.00. The molecule has 0 aliphatic rings. The standard InChI is InChI=1S/C17H17ClO3/c1-12-7-9-13(10-8-12)21-11-15(17(19)20-2)14-5-3-4-6-16(14)18/h3-10,15H,11H2,1-2H3. The summed E-state index contributed by atoms with van der Waals surface area (Å²) in [5.41, 5.74) is 1.86. The molecule has 0 bridgehead atoms. The fourth-order valence-corrected chi connectivity index (χ4v) is 2.27. The molecule has 0 aliphatic carbocycles. The zero-order chi connectivity index (χ0) is 15.2. The predicted molar refractivity (Wildman–Crippen MR) is 82.9 cm³/mol. The summed E-state index contributed by atoms with van der Waals surface area (Å²) in [6.45, 7) is 2.18. The SMILES string of the molecule is COC(=O)C(COc1ccc(C)cc1)c1ccccc1Cl. The van der Waals surface area contributed by atoms with Gasteiger partial charge in [0, 0.05) is 5.02 Å². The number of aryl methyl sites for hydroxylation is 1. The molecule has 21 heavy (non-hydrogen) atoms. The number of benzene rings is 2. The van der Waals surface area contributed by atoms with Crippen molar-refractivity contribution in [2.24, 2.45) is 0 Å². The third kappa shape index (κ3) is 3.99. The van der Waals surface area contributed by atoms with E-state index in [1.54, 1.807) is 6.07 Å². The van der Waals surface area contributed by atoms with Gasteiger partial charge in [-0.1, -0.05) is 47.5 Å². The van der Waals surface area contributed by atoms with Crippen LogP contribution < -0.4 is 4.74 Å². The molecule has 0 spiro atoms. The number of carbonyl (C=O) groups excluding carboxylic acids is 1. The molecule has 0 saturated carbocycles. The highest BCUT2D eigenvalue weighted by molar-refractivity contribution is 6.31. The topological polar surface area (TPSA) is 35.5 Å². The van der Waals surface area contributed by atoms with Gasteiger partial charge in [0.1, 0.15) is 18.3 Å². The number of hydrogen-bond donors (Lipinski definition) is 0. The second-order valence-electron chi connectivity index (χ2n) is 4.72. The van der Waals surface area contributed by atoms with E-state index < -0.39 is 5.92 Å². The first-order valence-corrected chi connectivity index (χ1v) is 7.01. The summed E-state index contributed by atoms with van der Waals surface area (Å²) in [5.74, 6) is -0.207. The minimum atomic E-state index is -0.551. The van der Waals surface area contributed by atoms with Gasteiger partial charge in [0.2, 0.25) is 0 Å². The molecule has 0 aromatic heterocycles. The van der Waals surface area contributed by atoms with Gasteiger partial charge in [-0.3, -0.25) is 4.79 Å². The number of halogens is 1. The van der Waals surface area contributed by atoms with E-state index in [1.165, 1.54) is 7.11 Å². The molecule has 0 heterocycles. The monoisotopic (exact) mass is 304 g/mol. The second kappa shape index (κ2) is 7.14. The Bertz CT molecular complexity index is 608. The van der Waals surface area contributed by atoms with E-state index in [0.717, 1.165) is 5.56 Å². The lowest BCUT2D eigenvalue weighted by molar-refractivity contribution is -0.143. The Hall–Kier alpha value is -2.00. The van der Waals surface area contributed by atoms with E-state index in [2.05, 4.69) is 0 Å². The van der Waals surface area contributed by atoms with Crippen molar-refractivity contribution in [2.75, 3.05) is 13.7 Å². The Morgan fingerprint density at radius 2 is 1.81 bits per heavy atom. The lowest BCUT2D eigenvalue weighted by Crippen LogP contribution is -2.21. The maximum atomic E-state index is 12.0. The summed E-state index contributed by atoms with van der Waals surface area (Å²) >= 11 is 6.16. The van der Waals surface area contributed by atoms with Crippen molar-refractivity contribution in [2.45, 2.75) is 12.8 Å². The molecule has 2 rings (SSSR count). The molecule has 110 valence electrons. The van der Waals surface area contributed by atoms with Crippen molar-refractivity contribution in [3.63, 3.8) is 0 Å². The summed E-state index contributed by atoms with van der Waals surface area (Å²) in [7, 11) is 1.36. The van der Waals surface area contributed by atoms with E-state index in [9.17, 15) is 4.79 Å². The molecule has 0 radical (unpaired) electrons. The van der Waals surface area contributed by atoms with Gasteiger partial charge >= 0.3 is 5.97 Å². The van der Waals surface area contributed by atoms with Crippen molar-refractivity contribution >= 4 is 17.6 Å². The van der Waals surface area contributed by atoms with E-state index >= 15 is 0 Å². The van der Waals surface area contributed by atoms with Crippen LogP contribution in [0.3, 0.4) is 0 Å². The van der Waals surface area contributed by atoms with Crippen LogP contribution in [-0.2, 0) is 9.53 Å². The first kappa shape index (κ1) is 15.4. The molecule has 1 unspecified atom stereocenters. The van der Waals surface area contributed by atoms with Gasteiger partial charge in [-0.2, -0.15) is 0 Å². The number of rotatable bonds is 5. The molecular weight excluding hydrogens is 288 g/mol. The van der Waals surface area contributed by atoms with Crippen molar-refractivity contribution in [1.29, 1.82) is 0 Å². The number of ether oxygens (including phenoxy) is 2. The van der Waals surface area contributed by atoms with Gasteiger partial charge in [0.05, 0.1) is 7.11 Å². The minimum Gasteiger partial charge on any atom is -0.492 e. The van der Waals surface area contributed by atoms with Gasteiger partial charge in [0.15, 0.2) is 0 Å². The van der Waals surface area contributed by atoms with Crippen LogP contribution in [0.2, 0.25) is 5.02 Å². The Labute approximate surface area is 129 Å². The van der Waals surface area contributed by atoms with Gasteiger partial charge in [-0.05, 0) is 30.7 Å². The minimum absolute atomic E-state index is 0.180. The van der Waals surface area contributed by atoms with E-state index in [0.29, 0.717) is 16.3 Å². The van der Waals surface area contributed by atoms with Crippen LogP contribution in [0.25, 0.3) is 0 Å². The highest BCUT2D eigenvalue weighted by atomic mass is 35.5. The molecule has 0 amide bonds. The van der Waals surface area contributed by atoms with Crippen LogP contribution in [0.5, 0.6) is 5.75 Å². The summed E-state index contributed by atoms with van der Waals surface area (Å²) < 4.78 is 10.5. The Kier molecular flexibility index (Phi) is 5.23. The number of carbonyl (C=O) groups is 1. The van der Waals surface area contributed by atoms with E-state index in [1.807, 2.05) is 49.4 Å². The van der Waals surface area contributed by atoms with Crippen molar-refractivity contribution in [3.05, 3.63) is 64.7 Å². The van der Waals surface area contributed by atoms with Crippen LogP contribution in [0.4, 0.5) is 0 Å². The summed E-state index contributed by atoms with van der Waals surface area (Å²) in [6, 6.07) is 14.9. The zero-order valence-electron chi connectivity index (χ0n) is 12.0. The molecule has 2 aromatic carbocycles. The average molecular weight is 305 g/mol. The van der Waals surface area contributed by atoms with Crippen LogP contribution in [0.15, 0.2) is 48.5 Å². The smallest absolute Gasteiger partial charge is 0.316 e. The maximum Gasteiger partial charge on any atom is 0.316 e. The van der Waals surface area contributed by atoms with Crippen molar-refractivity contribution < 1.29 is 14.3 Å². The lowest BCUT2D eigenvalue weighted by atomic mass is 10.00. The fraction of sp³-hybridized carbons (Fsp3) is 0.235. The molecule has 0 saturated heterocycles. The summed E-state index contributed by atoms with van der Waals surface area (Å²) in [5, 5.41) is 0.528. The van der Waals surface area contributed by atoms with E-state index in [-0.39, 0.29) is 12.6 Å². The lowest BCUT2D eigenvalue weighted by Gasteiger charge is -2.17. The van der Waals surface area contributed by atoms with Crippen LogP contribution in [0.1, 0.15) is 17.0 Å². The predicted octanol–water partition coefficient (Wildman–Crippen LogP) is 3.98. The number of methoxy groups -OCH3 is 1. The highest BCUT2D eigenvalue weighted by Gasteiger charge is 2.24. The van der Waals surface area contributed by atoms with E-state index in [4.69, 9.17) is 21.1 Å². The number of esters is 1. The zero-order valence-corrected chi connectivity index (χ0v) is 12.8. The van der Waals surface area contributed by atoms with Gasteiger partial charge < -0.3 is 9.47 Å². The van der Waals surface area contributed by atoms with Gasteiger partial charge in [-0.25, -0.2) is 0 Å². The first-order chi connectivity index (χ1) is 10.1. The Balaban J connectivity index is 2.16. The normalized spacial score (nSPS) is 11.8. The molecule has 2 aromatic rings. The van der Waals surface area contributed by atoms with Gasteiger partial charge in [-0.15, -0.1) is 0 Å². The molecular formula is C17H17ClO3. The third-order valence-corrected chi connectivity index (χ3v) is 3.55. The Morgan fingerprint density at radius 1 is 1.14 bits per heavy atom. The number of hydrogen-bond acceptors (Lipinski definition) is 3. The molecule has 3 nitrogen and oxygen atoms in total. The first-order valence-electron chi connectivity index (χ1n) is 6.63. The largest absolute Gasteiger partial charge is 0.492 e. The second-order valence-corrected chi connectivity index (χ2v) is 5.13. The molecule has 4 heteroatoms. The summed E-state index contributed by atoms with van der Waals surface area (Å²) in [4.78, 5) is 12.0. The average Bonchev–Trinajstić information content (AvgIpc) is 2.50. The van der Waals surface area contributed by atoms with Crippen LogP contribution in [-0.4, -0.2) is 19.7 Å². The third-order valence-electron chi connectivity index (χ3n) is 3.20. The molecule has 0 aliphatic heterocycles. The van der Waals surface area contributed by atoms with Crippen LogP contribution >= 0.6 is 11.6 Å². The molecule has 0 N–H and O–H groups in total. The van der Waals surface area contributed by atoms with Crippen molar-refractivity contribution in [1.82, 2.24) is 0 Å².